The summed E-state index contributed by atoms with van der Waals surface area (Å²) >= 11 is 0. The van der Waals surface area contributed by atoms with Crippen molar-refractivity contribution in [3.8, 4) is 0 Å². The molecule has 18 heavy (non-hydrogen) atoms. The van der Waals surface area contributed by atoms with E-state index in [0.717, 1.165) is 6.42 Å². The monoisotopic (exact) mass is 256 g/mol. The molecule has 0 aromatic rings. The van der Waals surface area contributed by atoms with Gasteiger partial charge in [0.1, 0.15) is 0 Å². The van der Waals surface area contributed by atoms with Crippen LogP contribution in [0.4, 0.5) is 4.79 Å². The summed E-state index contributed by atoms with van der Waals surface area (Å²) in [6, 6.07) is -0.275. The number of rotatable bonds is 1. The average Bonchev–Trinajstić information content (AvgIpc) is 2.39. The van der Waals surface area contributed by atoms with Crippen LogP contribution in [0.25, 0.3) is 0 Å². The lowest BCUT2D eigenvalue weighted by atomic mass is 9.90. The normalized spacial score (nSPS) is 29.2. The number of amides is 2. The molecule has 6 nitrogen and oxygen atoms in total. The fourth-order valence-electron chi connectivity index (χ4n) is 2.68. The number of hydrogen-bond donors (Lipinski definition) is 1. The number of carboxylic acid groups (broad SMARTS) is 1. The molecule has 2 heterocycles. The molecule has 0 bridgehead atoms. The van der Waals surface area contributed by atoms with Crippen molar-refractivity contribution in [2.45, 2.75) is 25.8 Å². The number of carbonyl (C=O) groups is 2. The maximum Gasteiger partial charge on any atom is 0.320 e. The molecular formula is C12H20N2O4. The Morgan fingerprint density at radius 2 is 1.89 bits per heavy atom. The first-order valence-corrected chi connectivity index (χ1v) is 6.47. The highest BCUT2D eigenvalue weighted by molar-refractivity contribution is 5.77. The quantitative estimate of drug-likeness (QED) is 0.747. The largest absolute Gasteiger partial charge is 0.481 e. The first-order chi connectivity index (χ1) is 8.61. The number of urea groups is 1. The average molecular weight is 256 g/mol. The summed E-state index contributed by atoms with van der Waals surface area (Å²) < 4.78 is 5.22. The van der Waals surface area contributed by atoms with E-state index in [1.807, 2.05) is 6.92 Å². The zero-order chi connectivity index (χ0) is 13.1. The third kappa shape index (κ3) is 2.58. The van der Waals surface area contributed by atoms with Gasteiger partial charge in [0.05, 0.1) is 19.1 Å². The van der Waals surface area contributed by atoms with Gasteiger partial charge in [0, 0.05) is 25.7 Å². The first-order valence-electron chi connectivity index (χ1n) is 6.47. The van der Waals surface area contributed by atoms with Crippen molar-refractivity contribution in [2.24, 2.45) is 5.92 Å². The predicted molar refractivity (Wildman–Crippen MR) is 64.3 cm³/mol. The highest BCUT2D eigenvalue weighted by Gasteiger charge is 2.37. The van der Waals surface area contributed by atoms with Gasteiger partial charge in [-0.2, -0.15) is 0 Å². The van der Waals surface area contributed by atoms with E-state index in [0.29, 0.717) is 39.3 Å². The number of hydrogen-bond acceptors (Lipinski definition) is 3. The Kier molecular flexibility index (Phi) is 4.06. The molecule has 2 rings (SSSR count). The molecular weight excluding hydrogens is 236 g/mol. The van der Waals surface area contributed by atoms with Crippen molar-refractivity contribution in [1.82, 2.24) is 9.80 Å². The molecule has 0 spiro atoms. The number of carbonyl (C=O) groups excluding carboxylic acids is 1. The minimum absolute atomic E-state index is 0.0447. The van der Waals surface area contributed by atoms with Crippen LogP contribution < -0.4 is 0 Å². The Bertz CT molecular complexity index is 328. The molecule has 0 aliphatic carbocycles. The van der Waals surface area contributed by atoms with Gasteiger partial charge in [-0.05, 0) is 19.8 Å². The van der Waals surface area contributed by atoms with Crippen LogP contribution in [0.5, 0.6) is 0 Å². The lowest BCUT2D eigenvalue weighted by Crippen LogP contribution is -2.55. The van der Waals surface area contributed by atoms with Gasteiger partial charge in [0.2, 0.25) is 0 Å². The van der Waals surface area contributed by atoms with Gasteiger partial charge in [0.15, 0.2) is 0 Å². The van der Waals surface area contributed by atoms with E-state index < -0.39 is 11.9 Å². The van der Waals surface area contributed by atoms with Crippen LogP contribution in [0.1, 0.15) is 19.8 Å². The summed E-state index contributed by atoms with van der Waals surface area (Å²) in [7, 11) is 0. The van der Waals surface area contributed by atoms with E-state index in [1.165, 1.54) is 0 Å². The van der Waals surface area contributed by atoms with Gasteiger partial charge in [0.25, 0.3) is 0 Å². The van der Waals surface area contributed by atoms with Crippen LogP contribution in [0.3, 0.4) is 0 Å². The van der Waals surface area contributed by atoms with E-state index in [-0.39, 0.29) is 12.1 Å². The zero-order valence-corrected chi connectivity index (χ0v) is 10.7. The fourth-order valence-corrected chi connectivity index (χ4v) is 2.68. The molecule has 0 radical (unpaired) electrons. The molecule has 2 aliphatic rings. The van der Waals surface area contributed by atoms with Gasteiger partial charge in [-0.1, -0.05) is 0 Å². The molecule has 0 aromatic carbocycles. The van der Waals surface area contributed by atoms with Crippen molar-refractivity contribution in [3.05, 3.63) is 0 Å². The molecule has 2 saturated heterocycles. The second kappa shape index (κ2) is 5.56. The third-order valence-electron chi connectivity index (χ3n) is 3.83. The smallest absolute Gasteiger partial charge is 0.320 e. The number of ether oxygens (including phenoxy) is 1. The first kappa shape index (κ1) is 13.1. The van der Waals surface area contributed by atoms with Crippen LogP contribution in [0.15, 0.2) is 0 Å². The molecule has 2 fully saturated rings. The molecule has 6 heteroatoms. The van der Waals surface area contributed by atoms with Crippen molar-refractivity contribution < 1.29 is 19.4 Å². The SMILES string of the molecule is C[C@@H]1[C@H](C(=O)O)CCCN1C(=O)N1CCOCC1. The summed E-state index contributed by atoms with van der Waals surface area (Å²) in [5, 5.41) is 9.15. The fraction of sp³-hybridized carbons (Fsp3) is 0.833. The lowest BCUT2D eigenvalue weighted by molar-refractivity contribution is -0.145. The molecule has 2 atom stereocenters. The Hall–Kier alpha value is -1.30. The van der Waals surface area contributed by atoms with Crippen molar-refractivity contribution >= 4 is 12.0 Å². The van der Waals surface area contributed by atoms with E-state index >= 15 is 0 Å². The summed E-state index contributed by atoms with van der Waals surface area (Å²) in [6.07, 6.45) is 1.42. The molecule has 2 aliphatic heterocycles. The molecule has 2 amide bonds. The maximum atomic E-state index is 12.3. The summed E-state index contributed by atoms with van der Waals surface area (Å²) in [6.45, 7) is 4.81. The molecule has 1 N–H and O–H groups in total. The molecule has 0 unspecified atom stereocenters. The zero-order valence-electron chi connectivity index (χ0n) is 10.7. The third-order valence-corrected chi connectivity index (χ3v) is 3.83. The minimum atomic E-state index is -0.804. The second-order valence-corrected chi connectivity index (χ2v) is 4.90. The number of piperidine rings is 1. The van der Waals surface area contributed by atoms with E-state index in [1.54, 1.807) is 9.80 Å². The van der Waals surface area contributed by atoms with Crippen LogP contribution >= 0.6 is 0 Å². The molecule has 0 aromatic heterocycles. The highest BCUT2D eigenvalue weighted by Crippen LogP contribution is 2.25. The Morgan fingerprint density at radius 1 is 1.22 bits per heavy atom. The summed E-state index contributed by atoms with van der Waals surface area (Å²) in [4.78, 5) is 26.9. The van der Waals surface area contributed by atoms with Gasteiger partial charge in [-0.25, -0.2) is 4.79 Å². The summed E-state index contributed by atoms with van der Waals surface area (Å²) in [5.41, 5.74) is 0. The van der Waals surface area contributed by atoms with Gasteiger partial charge in [-0.15, -0.1) is 0 Å². The van der Waals surface area contributed by atoms with Crippen molar-refractivity contribution in [1.29, 1.82) is 0 Å². The number of aliphatic carboxylic acids is 1. The predicted octanol–water partition coefficient (Wildman–Crippen LogP) is 0.624. The standard InChI is InChI=1S/C12H20N2O4/c1-9-10(11(15)16)3-2-4-14(9)12(17)13-5-7-18-8-6-13/h9-10H,2-8H2,1H3,(H,15,16)/t9-,10-/m1/s1. The minimum Gasteiger partial charge on any atom is -0.481 e. The van der Waals surface area contributed by atoms with Gasteiger partial charge in [-0.3, -0.25) is 4.79 Å². The topological polar surface area (TPSA) is 70.1 Å². The Morgan fingerprint density at radius 3 is 2.50 bits per heavy atom. The van der Waals surface area contributed by atoms with Gasteiger partial charge >= 0.3 is 12.0 Å². The second-order valence-electron chi connectivity index (χ2n) is 4.90. The maximum absolute atomic E-state index is 12.3. The van der Waals surface area contributed by atoms with Crippen LogP contribution in [-0.4, -0.2) is 65.8 Å². The Labute approximate surface area is 106 Å². The van der Waals surface area contributed by atoms with Crippen LogP contribution in [0.2, 0.25) is 0 Å². The van der Waals surface area contributed by atoms with Gasteiger partial charge < -0.3 is 19.6 Å². The van der Waals surface area contributed by atoms with E-state index in [9.17, 15) is 9.59 Å². The summed E-state index contributed by atoms with van der Waals surface area (Å²) in [5.74, 6) is -1.24. The molecule has 0 saturated carbocycles. The highest BCUT2D eigenvalue weighted by atomic mass is 16.5. The lowest BCUT2D eigenvalue weighted by Gasteiger charge is -2.41. The number of carboxylic acids is 1. The van der Waals surface area contributed by atoms with Crippen LogP contribution in [0, 0.1) is 5.92 Å². The van der Waals surface area contributed by atoms with E-state index in [4.69, 9.17) is 9.84 Å². The number of morpholine rings is 1. The van der Waals surface area contributed by atoms with E-state index in [2.05, 4.69) is 0 Å². The molecule has 102 valence electrons. The van der Waals surface area contributed by atoms with Crippen LogP contribution in [-0.2, 0) is 9.53 Å². The van der Waals surface area contributed by atoms with Crippen molar-refractivity contribution in [2.75, 3.05) is 32.8 Å². The van der Waals surface area contributed by atoms with Crippen molar-refractivity contribution in [3.63, 3.8) is 0 Å². The number of likely N-dealkylation sites (tertiary alicyclic amines) is 1. The Balaban J connectivity index is 2.02. The number of nitrogens with zero attached hydrogens (tertiary/aromatic N) is 2.